The van der Waals surface area contributed by atoms with Crippen LogP contribution in [0.2, 0.25) is 0 Å². The lowest BCUT2D eigenvalue weighted by atomic mass is 9.94. The molecule has 3 aliphatic heterocycles. The van der Waals surface area contributed by atoms with E-state index in [1.54, 1.807) is 8.61 Å². The lowest BCUT2D eigenvalue weighted by Crippen LogP contribution is -2.40. The highest BCUT2D eigenvalue weighted by Crippen LogP contribution is 2.32. The molecule has 0 bridgehead atoms. The number of piperidine rings is 1. The van der Waals surface area contributed by atoms with Gasteiger partial charge in [0.15, 0.2) is 0 Å². The minimum atomic E-state index is -3.56. The maximum Gasteiger partial charge on any atom is 0.243 e. The maximum atomic E-state index is 13.6. The third kappa shape index (κ3) is 7.15. The number of hydrogen-bond acceptors (Lipinski definition) is 5. The molecule has 3 fully saturated rings. The molecular weight excluding hydrogens is 506 g/mol. The Morgan fingerprint density at radius 3 is 2.08 bits per heavy atom. The lowest BCUT2D eigenvalue weighted by molar-refractivity contribution is 0.232. The molecule has 0 saturated carbocycles. The van der Waals surface area contributed by atoms with Crippen molar-refractivity contribution in [3.8, 4) is 0 Å². The monoisotopic (exact) mass is 553 g/mol. The van der Waals surface area contributed by atoms with Crippen molar-refractivity contribution >= 4 is 20.0 Å². The molecule has 4 rings (SSSR count). The summed E-state index contributed by atoms with van der Waals surface area (Å²) in [4.78, 5) is 2.99. The van der Waals surface area contributed by atoms with Crippen LogP contribution in [0.1, 0.15) is 80.9 Å². The van der Waals surface area contributed by atoms with Crippen molar-refractivity contribution in [2.45, 2.75) is 95.9 Å². The Kier molecular flexibility index (Phi) is 9.76. The van der Waals surface area contributed by atoms with E-state index in [1.165, 1.54) is 32.4 Å². The van der Waals surface area contributed by atoms with Gasteiger partial charge < -0.3 is 4.90 Å². The minimum Gasteiger partial charge on any atom is -0.303 e. The predicted octanol–water partition coefficient (Wildman–Crippen LogP) is 4.46. The summed E-state index contributed by atoms with van der Waals surface area (Å²) < 4.78 is 56.5. The normalized spacial score (nSPS) is 23.3. The standard InChI is InChI=1S/C28H47N3O4S2/c1-23-21-24(2)28(25(3)22-23)37(34,35)31-16-8-10-27(31)9-4-7-20-36(32,33)30-18-12-26(13-19-30)11-17-29-14-5-6-15-29/h21-22,26-27H,4-20H2,1-3H3. The molecule has 0 amide bonds. The Labute approximate surface area is 225 Å². The number of likely N-dealkylation sites (tertiary alicyclic amines) is 1. The average molecular weight is 554 g/mol. The Morgan fingerprint density at radius 1 is 0.784 bits per heavy atom. The molecule has 1 unspecified atom stereocenters. The molecule has 9 heteroatoms. The molecule has 3 heterocycles. The van der Waals surface area contributed by atoms with Crippen molar-refractivity contribution in [1.29, 1.82) is 0 Å². The van der Waals surface area contributed by atoms with Gasteiger partial charge in [-0.05, 0) is 115 Å². The summed E-state index contributed by atoms with van der Waals surface area (Å²) in [5.74, 6) is 0.810. The molecule has 0 radical (unpaired) electrons. The summed E-state index contributed by atoms with van der Waals surface area (Å²) in [6.07, 6.45) is 9.51. The second-order valence-corrected chi connectivity index (χ2v) is 15.5. The van der Waals surface area contributed by atoms with Crippen LogP contribution in [0.5, 0.6) is 0 Å². The first-order chi connectivity index (χ1) is 17.6. The second-order valence-electron chi connectivity index (χ2n) is 11.6. The van der Waals surface area contributed by atoms with E-state index in [0.717, 1.165) is 61.8 Å². The van der Waals surface area contributed by atoms with Crippen molar-refractivity contribution in [1.82, 2.24) is 13.5 Å². The number of sulfonamides is 2. The van der Waals surface area contributed by atoms with Gasteiger partial charge in [-0.1, -0.05) is 24.1 Å². The van der Waals surface area contributed by atoms with Crippen LogP contribution in [0.15, 0.2) is 17.0 Å². The van der Waals surface area contributed by atoms with E-state index < -0.39 is 20.0 Å². The number of benzene rings is 1. The van der Waals surface area contributed by atoms with E-state index >= 15 is 0 Å². The van der Waals surface area contributed by atoms with E-state index in [4.69, 9.17) is 0 Å². The van der Waals surface area contributed by atoms with Crippen LogP contribution in [0.4, 0.5) is 0 Å². The molecule has 1 aromatic rings. The quantitative estimate of drug-likeness (QED) is 0.378. The van der Waals surface area contributed by atoms with Gasteiger partial charge in [-0.3, -0.25) is 0 Å². The molecule has 210 valence electrons. The largest absolute Gasteiger partial charge is 0.303 e. The summed E-state index contributed by atoms with van der Waals surface area (Å²) in [7, 11) is -6.80. The number of hydrogen-bond donors (Lipinski definition) is 0. The molecule has 3 saturated heterocycles. The van der Waals surface area contributed by atoms with Gasteiger partial charge in [-0.15, -0.1) is 0 Å². The number of aryl methyl sites for hydroxylation is 3. The SMILES string of the molecule is Cc1cc(C)c(S(=O)(=O)N2CCCC2CCCCS(=O)(=O)N2CCC(CCN3CCCC3)CC2)c(C)c1. The Hall–Kier alpha value is -1.00. The van der Waals surface area contributed by atoms with Crippen molar-refractivity contribution < 1.29 is 16.8 Å². The first-order valence-electron chi connectivity index (χ1n) is 14.4. The first kappa shape index (κ1) is 29.0. The van der Waals surface area contributed by atoms with Crippen molar-refractivity contribution in [3.05, 3.63) is 28.8 Å². The maximum absolute atomic E-state index is 13.6. The second kappa shape index (κ2) is 12.5. The molecule has 1 aromatic carbocycles. The van der Waals surface area contributed by atoms with Crippen molar-refractivity contribution in [3.63, 3.8) is 0 Å². The van der Waals surface area contributed by atoms with Crippen LogP contribution in [0.25, 0.3) is 0 Å². The summed E-state index contributed by atoms with van der Waals surface area (Å²) in [6, 6.07) is 3.83. The van der Waals surface area contributed by atoms with Gasteiger partial charge >= 0.3 is 0 Å². The van der Waals surface area contributed by atoms with Crippen LogP contribution in [-0.4, -0.2) is 81.4 Å². The van der Waals surface area contributed by atoms with E-state index in [2.05, 4.69) is 4.90 Å². The van der Waals surface area contributed by atoms with Crippen LogP contribution in [-0.2, 0) is 20.0 Å². The third-order valence-electron chi connectivity index (χ3n) is 8.70. The van der Waals surface area contributed by atoms with Gasteiger partial charge in [-0.25, -0.2) is 21.1 Å². The van der Waals surface area contributed by atoms with Gasteiger partial charge in [0.1, 0.15) is 0 Å². The van der Waals surface area contributed by atoms with Crippen LogP contribution >= 0.6 is 0 Å². The molecule has 7 nitrogen and oxygen atoms in total. The third-order valence-corrected chi connectivity index (χ3v) is 12.9. The fourth-order valence-electron chi connectivity index (χ4n) is 6.75. The molecule has 37 heavy (non-hydrogen) atoms. The highest BCUT2D eigenvalue weighted by Gasteiger charge is 2.36. The summed E-state index contributed by atoms with van der Waals surface area (Å²) in [6.45, 7) is 11.2. The molecule has 1 atom stereocenters. The lowest BCUT2D eigenvalue weighted by Gasteiger charge is -2.32. The Morgan fingerprint density at radius 2 is 1.43 bits per heavy atom. The molecule has 0 aromatic heterocycles. The fraction of sp³-hybridized carbons (Fsp3) is 0.786. The van der Waals surface area contributed by atoms with E-state index in [1.807, 2.05) is 32.9 Å². The fourth-order valence-corrected chi connectivity index (χ4v) is 10.5. The Bertz CT molecular complexity index is 1100. The van der Waals surface area contributed by atoms with Gasteiger partial charge in [0.05, 0.1) is 10.6 Å². The predicted molar refractivity (Wildman–Crippen MR) is 150 cm³/mol. The van der Waals surface area contributed by atoms with Crippen LogP contribution < -0.4 is 0 Å². The van der Waals surface area contributed by atoms with Crippen LogP contribution in [0.3, 0.4) is 0 Å². The number of unbranched alkanes of at least 4 members (excludes halogenated alkanes) is 1. The highest BCUT2D eigenvalue weighted by atomic mass is 32.2. The zero-order valence-corrected chi connectivity index (χ0v) is 24.8. The topological polar surface area (TPSA) is 78.0 Å². The first-order valence-corrected chi connectivity index (χ1v) is 17.4. The Balaban J connectivity index is 1.23. The molecular formula is C28H47N3O4S2. The molecule has 0 aliphatic carbocycles. The van der Waals surface area contributed by atoms with Crippen LogP contribution in [0, 0.1) is 26.7 Å². The van der Waals surface area contributed by atoms with Crippen molar-refractivity contribution in [2.24, 2.45) is 5.92 Å². The number of nitrogens with zero attached hydrogens (tertiary/aromatic N) is 3. The number of rotatable bonds is 11. The highest BCUT2D eigenvalue weighted by molar-refractivity contribution is 7.89. The zero-order valence-electron chi connectivity index (χ0n) is 23.1. The van der Waals surface area contributed by atoms with E-state index in [0.29, 0.717) is 36.9 Å². The molecule has 0 spiro atoms. The summed E-state index contributed by atoms with van der Waals surface area (Å²) in [5, 5.41) is 0. The van der Waals surface area contributed by atoms with E-state index in [9.17, 15) is 16.8 Å². The summed E-state index contributed by atoms with van der Waals surface area (Å²) >= 11 is 0. The average Bonchev–Trinajstić information content (AvgIpc) is 3.52. The van der Waals surface area contributed by atoms with E-state index in [-0.39, 0.29) is 11.8 Å². The molecule has 3 aliphatic rings. The smallest absolute Gasteiger partial charge is 0.243 e. The van der Waals surface area contributed by atoms with Crippen molar-refractivity contribution in [2.75, 3.05) is 45.0 Å². The van der Waals surface area contributed by atoms with Gasteiger partial charge in [-0.2, -0.15) is 4.31 Å². The van der Waals surface area contributed by atoms with Gasteiger partial charge in [0.2, 0.25) is 20.0 Å². The summed E-state index contributed by atoms with van der Waals surface area (Å²) in [5.41, 5.74) is 2.67. The molecule has 0 N–H and O–H groups in total. The zero-order chi connectivity index (χ0) is 26.6. The van der Waals surface area contributed by atoms with Gasteiger partial charge in [0, 0.05) is 25.7 Å². The van der Waals surface area contributed by atoms with Gasteiger partial charge in [0.25, 0.3) is 0 Å². The minimum absolute atomic E-state index is 0.0424.